The second-order valence-corrected chi connectivity index (χ2v) is 3.38. The molecule has 3 nitrogen and oxygen atoms in total. The first-order valence-electron chi connectivity index (χ1n) is 4.42. The average Bonchev–Trinajstić information content (AvgIpc) is 2.16. The fourth-order valence-corrected chi connectivity index (χ4v) is 1.27. The summed E-state index contributed by atoms with van der Waals surface area (Å²) in [4.78, 5) is 13.1. The first kappa shape index (κ1) is 10.6. The normalized spacial score (nSPS) is 9.71. The lowest BCUT2D eigenvalue weighted by atomic mass is 10.1. The molecule has 14 heavy (non-hydrogen) atoms. The number of carbonyl (C=O) groups excluding carboxylic acids is 1. The number of amides is 1. The summed E-state index contributed by atoms with van der Waals surface area (Å²) in [5, 5.41) is 0. The molecule has 3 heteroatoms. The number of benzene rings is 1. The number of hydrogen-bond donors (Lipinski definition) is 0. The maximum atomic E-state index is 11.6. The zero-order valence-corrected chi connectivity index (χ0v) is 9.00. The summed E-state index contributed by atoms with van der Waals surface area (Å²) >= 11 is 0. The third kappa shape index (κ3) is 2.05. The van der Waals surface area contributed by atoms with Crippen LogP contribution >= 0.6 is 0 Å². The van der Waals surface area contributed by atoms with Crippen LogP contribution in [0.3, 0.4) is 0 Å². The van der Waals surface area contributed by atoms with E-state index in [-0.39, 0.29) is 5.91 Å². The Morgan fingerprint density at radius 1 is 1.36 bits per heavy atom. The van der Waals surface area contributed by atoms with E-state index in [9.17, 15) is 4.79 Å². The summed E-state index contributed by atoms with van der Waals surface area (Å²) in [7, 11) is 5.10. The van der Waals surface area contributed by atoms with Crippen molar-refractivity contribution in [2.24, 2.45) is 0 Å². The van der Waals surface area contributed by atoms with Gasteiger partial charge in [-0.15, -0.1) is 0 Å². The Bertz CT molecular complexity index is 345. The molecule has 0 fully saturated rings. The van der Waals surface area contributed by atoms with Crippen LogP contribution in [0.5, 0.6) is 5.75 Å². The second-order valence-electron chi connectivity index (χ2n) is 3.38. The van der Waals surface area contributed by atoms with Crippen molar-refractivity contribution in [2.75, 3.05) is 21.2 Å². The lowest BCUT2D eigenvalue weighted by molar-refractivity contribution is 0.0827. The number of ether oxygens (including phenoxy) is 1. The molecule has 0 saturated carbocycles. The Kier molecular flexibility index (Phi) is 3.12. The Labute approximate surface area is 84.3 Å². The van der Waals surface area contributed by atoms with Gasteiger partial charge in [-0.05, 0) is 30.7 Å². The first-order valence-corrected chi connectivity index (χ1v) is 4.42. The van der Waals surface area contributed by atoms with Crippen molar-refractivity contribution in [2.45, 2.75) is 6.92 Å². The highest BCUT2D eigenvalue weighted by molar-refractivity contribution is 5.94. The number of hydrogen-bond acceptors (Lipinski definition) is 2. The van der Waals surface area contributed by atoms with Crippen LogP contribution in [-0.2, 0) is 0 Å². The Morgan fingerprint density at radius 2 is 2.00 bits per heavy atom. The van der Waals surface area contributed by atoms with Crippen molar-refractivity contribution in [3.63, 3.8) is 0 Å². The number of nitrogens with zero attached hydrogens (tertiary/aromatic N) is 1. The van der Waals surface area contributed by atoms with Gasteiger partial charge < -0.3 is 9.64 Å². The summed E-state index contributed by atoms with van der Waals surface area (Å²) < 4.78 is 5.12. The van der Waals surface area contributed by atoms with Crippen LogP contribution < -0.4 is 4.74 Å². The number of carbonyl (C=O) groups is 1. The number of rotatable bonds is 2. The Hall–Kier alpha value is -1.51. The van der Waals surface area contributed by atoms with Crippen LogP contribution in [0.4, 0.5) is 0 Å². The summed E-state index contributed by atoms with van der Waals surface area (Å²) in [5.74, 6) is 0.816. The van der Waals surface area contributed by atoms with E-state index in [4.69, 9.17) is 4.74 Å². The number of aryl methyl sites for hydroxylation is 1. The minimum atomic E-state index is 0.00996. The minimum absolute atomic E-state index is 0.00996. The van der Waals surface area contributed by atoms with E-state index in [0.29, 0.717) is 5.56 Å². The Balaban J connectivity index is 3.03. The zero-order valence-electron chi connectivity index (χ0n) is 9.00. The van der Waals surface area contributed by atoms with Gasteiger partial charge in [-0.2, -0.15) is 0 Å². The van der Waals surface area contributed by atoms with Crippen LogP contribution in [0.15, 0.2) is 18.2 Å². The molecule has 1 rings (SSSR count). The van der Waals surface area contributed by atoms with E-state index in [0.717, 1.165) is 11.3 Å². The second kappa shape index (κ2) is 4.13. The van der Waals surface area contributed by atoms with Gasteiger partial charge in [0.15, 0.2) is 0 Å². The zero-order chi connectivity index (χ0) is 10.7. The van der Waals surface area contributed by atoms with Crippen molar-refractivity contribution in [3.8, 4) is 5.75 Å². The van der Waals surface area contributed by atoms with E-state index >= 15 is 0 Å². The SMILES string of the molecule is COc1ccc(C(=O)N(C)C)cc1C. The van der Waals surface area contributed by atoms with Crippen LogP contribution in [0.2, 0.25) is 0 Å². The molecule has 0 unspecified atom stereocenters. The van der Waals surface area contributed by atoms with Gasteiger partial charge in [-0.3, -0.25) is 4.79 Å². The van der Waals surface area contributed by atoms with Crippen molar-refractivity contribution in [1.82, 2.24) is 4.90 Å². The molecule has 0 atom stereocenters. The molecule has 0 aromatic heterocycles. The molecule has 1 aromatic carbocycles. The maximum Gasteiger partial charge on any atom is 0.253 e. The quantitative estimate of drug-likeness (QED) is 0.715. The van der Waals surface area contributed by atoms with E-state index in [1.165, 1.54) is 0 Å². The van der Waals surface area contributed by atoms with Gasteiger partial charge in [-0.25, -0.2) is 0 Å². The average molecular weight is 193 g/mol. The predicted molar refractivity (Wildman–Crippen MR) is 55.7 cm³/mol. The standard InChI is InChI=1S/C11H15NO2/c1-8-7-9(11(13)12(2)3)5-6-10(8)14-4/h5-7H,1-4H3. The van der Waals surface area contributed by atoms with Crippen molar-refractivity contribution < 1.29 is 9.53 Å². The topological polar surface area (TPSA) is 29.5 Å². The molecule has 0 bridgehead atoms. The van der Waals surface area contributed by atoms with Crippen LogP contribution in [0, 0.1) is 6.92 Å². The highest BCUT2D eigenvalue weighted by Crippen LogP contribution is 2.18. The molecule has 0 N–H and O–H groups in total. The molecule has 0 spiro atoms. The van der Waals surface area contributed by atoms with Gasteiger partial charge >= 0.3 is 0 Å². The third-order valence-corrected chi connectivity index (χ3v) is 2.05. The summed E-state index contributed by atoms with van der Waals surface area (Å²) in [6.07, 6.45) is 0. The van der Waals surface area contributed by atoms with Gasteiger partial charge in [0, 0.05) is 19.7 Å². The lowest BCUT2D eigenvalue weighted by Crippen LogP contribution is -2.21. The van der Waals surface area contributed by atoms with Crippen molar-refractivity contribution in [1.29, 1.82) is 0 Å². The largest absolute Gasteiger partial charge is 0.496 e. The maximum absolute atomic E-state index is 11.6. The van der Waals surface area contributed by atoms with E-state index in [1.54, 1.807) is 32.2 Å². The molecule has 0 saturated heterocycles. The third-order valence-electron chi connectivity index (χ3n) is 2.05. The molecule has 1 aromatic rings. The van der Waals surface area contributed by atoms with E-state index in [2.05, 4.69) is 0 Å². The van der Waals surface area contributed by atoms with Crippen LogP contribution in [0.25, 0.3) is 0 Å². The molecular formula is C11H15NO2. The van der Waals surface area contributed by atoms with Crippen molar-refractivity contribution >= 4 is 5.91 Å². The molecule has 0 aliphatic carbocycles. The molecule has 0 aliphatic heterocycles. The minimum Gasteiger partial charge on any atom is -0.496 e. The first-order chi connectivity index (χ1) is 6.56. The highest BCUT2D eigenvalue weighted by Gasteiger charge is 2.09. The number of methoxy groups -OCH3 is 1. The molecule has 0 aliphatic rings. The van der Waals surface area contributed by atoms with Gasteiger partial charge in [-0.1, -0.05) is 0 Å². The molecular weight excluding hydrogens is 178 g/mol. The fraction of sp³-hybridized carbons (Fsp3) is 0.364. The van der Waals surface area contributed by atoms with Crippen LogP contribution in [0.1, 0.15) is 15.9 Å². The monoisotopic (exact) mass is 193 g/mol. The lowest BCUT2D eigenvalue weighted by Gasteiger charge is -2.11. The Morgan fingerprint density at radius 3 is 2.43 bits per heavy atom. The molecule has 76 valence electrons. The van der Waals surface area contributed by atoms with Gasteiger partial charge in [0.05, 0.1) is 7.11 Å². The molecule has 0 radical (unpaired) electrons. The van der Waals surface area contributed by atoms with Crippen LogP contribution in [-0.4, -0.2) is 32.0 Å². The fourth-order valence-electron chi connectivity index (χ4n) is 1.27. The van der Waals surface area contributed by atoms with Gasteiger partial charge in [0.2, 0.25) is 0 Å². The molecule has 0 heterocycles. The summed E-state index contributed by atoms with van der Waals surface area (Å²) in [6, 6.07) is 5.42. The molecule has 1 amide bonds. The van der Waals surface area contributed by atoms with E-state index in [1.807, 2.05) is 19.1 Å². The van der Waals surface area contributed by atoms with Gasteiger partial charge in [0.1, 0.15) is 5.75 Å². The smallest absolute Gasteiger partial charge is 0.253 e. The summed E-state index contributed by atoms with van der Waals surface area (Å²) in [6.45, 7) is 1.92. The summed E-state index contributed by atoms with van der Waals surface area (Å²) in [5.41, 5.74) is 1.66. The predicted octanol–water partition coefficient (Wildman–Crippen LogP) is 1.71. The highest BCUT2D eigenvalue weighted by atomic mass is 16.5. The van der Waals surface area contributed by atoms with E-state index < -0.39 is 0 Å². The van der Waals surface area contributed by atoms with Gasteiger partial charge in [0.25, 0.3) is 5.91 Å². The van der Waals surface area contributed by atoms with Crippen molar-refractivity contribution in [3.05, 3.63) is 29.3 Å².